The molecule has 0 saturated heterocycles. The normalized spacial score (nSPS) is 11.0. The predicted molar refractivity (Wildman–Crippen MR) is 87.9 cm³/mol. The van der Waals surface area contributed by atoms with Gasteiger partial charge in [-0.25, -0.2) is 0 Å². The molecule has 0 saturated carbocycles. The quantitative estimate of drug-likeness (QED) is 0.782. The van der Waals surface area contributed by atoms with Gasteiger partial charge in [0, 0.05) is 18.7 Å². The number of hydrogen-bond donors (Lipinski definition) is 2. The van der Waals surface area contributed by atoms with E-state index in [1.54, 1.807) is 17.5 Å². The number of rotatable bonds is 7. The summed E-state index contributed by atoms with van der Waals surface area (Å²) in [7, 11) is 0. The van der Waals surface area contributed by atoms with E-state index in [-0.39, 0.29) is 30.5 Å². The van der Waals surface area contributed by atoms with E-state index in [9.17, 15) is 22.8 Å². The summed E-state index contributed by atoms with van der Waals surface area (Å²) in [4.78, 5) is 24.0. The van der Waals surface area contributed by atoms with Crippen LogP contribution in [0.1, 0.15) is 16.1 Å². The summed E-state index contributed by atoms with van der Waals surface area (Å²) in [5, 5.41) is 6.99. The Morgan fingerprint density at radius 2 is 1.84 bits per heavy atom. The highest BCUT2D eigenvalue weighted by molar-refractivity contribution is 7.12. The van der Waals surface area contributed by atoms with Crippen LogP contribution in [0.15, 0.2) is 41.8 Å². The van der Waals surface area contributed by atoms with Crippen LogP contribution in [-0.2, 0) is 4.79 Å². The molecule has 134 valence electrons. The largest absolute Gasteiger partial charge is 0.484 e. The molecule has 2 rings (SSSR count). The van der Waals surface area contributed by atoms with Crippen LogP contribution in [0.3, 0.4) is 0 Å². The van der Waals surface area contributed by atoms with Gasteiger partial charge in [-0.1, -0.05) is 6.07 Å². The molecule has 1 aromatic heterocycles. The number of carbonyl (C=O) groups is 2. The Morgan fingerprint density at radius 1 is 1.12 bits per heavy atom. The molecular formula is C16H15F3N2O3S. The molecule has 2 N–H and O–H groups in total. The molecule has 1 aromatic carbocycles. The van der Waals surface area contributed by atoms with Crippen molar-refractivity contribution in [3.05, 3.63) is 46.7 Å². The molecular weight excluding hydrogens is 357 g/mol. The number of amides is 2. The lowest BCUT2D eigenvalue weighted by atomic mass is 10.3. The monoisotopic (exact) mass is 372 g/mol. The molecule has 5 nitrogen and oxygen atoms in total. The second kappa shape index (κ2) is 8.52. The zero-order chi connectivity index (χ0) is 18.3. The van der Waals surface area contributed by atoms with Gasteiger partial charge in [0.15, 0.2) is 6.61 Å². The summed E-state index contributed by atoms with van der Waals surface area (Å²) < 4.78 is 40.7. The molecule has 0 fully saturated rings. The minimum absolute atomic E-state index is 0.0542. The average Bonchev–Trinajstić information content (AvgIpc) is 3.08. The van der Waals surface area contributed by atoms with E-state index in [1.165, 1.54) is 35.6 Å². The third-order valence-electron chi connectivity index (χ3n) is 2.92. The number of carbonyl (C=O) groups excluding carboxylic acids is 2. The fourth-order valence-corrected chi connectivity index (χ4v) is 2.45. The number of alkyl halides is 3. The molecule has 0 aliphatic rings. The van der Waals surface area contributed by atoms with Crippen LogP contribution in [-0.4, -0.2) is 31.1 Å². The molecule has 25 heavy (non-hydrogen) atoms. The highest BCUT2D eigenvalue weighted by atomic mass is 32.1. The van der Waals surface area contributed by atoms with Crippen LogP contribution >= 0.6 is 11.3 Å². The van der Waals surface area contributed by atoms with E-state index < -0.39 is 12.8 Å². The first-order valence-electron chi connectivity index (χ1n) is 7.25. The van der Waals surface area contributed by atoms with E-state index >= 15 is 0 Å². The highest BCUT2D eigenvalue weighted by Gasteiger charge is 2.28. The second-order valence-electron chi connectivity index (χ2n) is 4.96. The predicted octanol–water partition coefficient (Wildman–Crippen LogP) is 3.45. The Hall–Kier alpha value is -2.55. The Bertz CT molecular complexity index is 700. The average molecular weight is 372 g/mol. The first kappa shape index (κ1) is 18.8. The zero-order valence-electron chi connectivity index (χ0n) is 12.9. The topological polar surface area (TPSA) is 67.4 Å². The van der Waals surface area contributed by atoms with Crippen molar-refractivity contribution in [3.8, 4) is 5.75 Å². The van der Waals surface area contributed by atoms with Crippen LogP contribution in [0.2, 0.25) is 0 Å². The van der Waals surface area contributed by atoms with Crippen molar-refractivity contribution in [2.75, 3.05) is 18.5 Å². The van der Waals surface area contributed by atoms with Crippen LogP contribution < -0.4 is 15.4 Å². The maximum atomic E-state index is 12.0. The molecule has 0 radical (unpaired) electrons. The molecule has 0 unspecified atom stereocenters. The molecule has 9 heteroatoms. The van der Waals surface area contributed by atoms with Crippen molar-refractivity contribution >= 4 is 28.8 Å². The lowest BCUT2D eigenvalue weighted by Gasteiger charge is -2.10. The Morgan fingerprint density at radius 3 is 2.44 bits per heavy atom. The fraction of sp³-hybridized carbons (Fsp3) is 0.250. The summed E-state index contributed by atoms with van der Waals surface area (Å²) in [5.74, 6) is -0.511. The number of hydrogen-bond acceptors (Lipinski definition) is 4. The van der Waals surface area contributed by atoms with Gasteiger partial charge in [-0.2, -0.15) is 13.2 Å². The van der Waals surface area contributed by atoms with Crippen LogP contribution in [0.5, 0.6) is 5.75 Å². The molecule has 0 aliphatic heterocycles. The number of anilines is 1. The molecule has 1 heterocycles. The molecule has 2 amide bonds. The second-order valence-corrected chi connectivity index (χ2v) is 5.91. The van der Waals surface area contributed by atoms with Crippen LogP contribution in [0, 0.1) is 0 Å². The lowest BCUT2D eigenvalue weighted by Crippen LogP contribution is -2.27. The van der Waals surface area contributed by atoms with E-state index in [1.807, 2.05) is 0 Å². The molecule has 0 spiro atoms. The van der Waals surface area contributed by atoms with Crippen molar-refractivity contribution in [2.24, 2.45) is 0 Å². The smallest absolute Gasteiger partial charge is 0.422 e. The summed E-state index contributed by atoms with van der Waals surface area (Å²) >= 11 is 1.30. The Balaban J connectivity index is 1.72. The van der Waals surface area contributed by atoms with Gasteiger partial charge >= 0.3 is 6.18 Å². The van der Waals surface area contributed by atoms with Gasteiger partial charge in [0.25, 0.3) is 5.91 Å². The Kier molecular flexibility index (Phi) is 6.40. The van der Waals surface area contributed by atoms with Crippen molar-refractivity contribution in [1.29, 1.82) is 0 Å². The first-order valence-corrected chi connectivity index (χ1v) is 8.12. The Labute approximate surface area is 145 Å². The van der Waals surface area contributed by atoms with E-state index in [0.717, 1.165) is 0 Å². The lowest BCUT2D eigenvalue weighted by molar-refractivity contribution is -0.153. The van der Waals surface area contributed by atoms with Crippen LogP contribution in [0.25, 0.3) is 0 Å². The SMILES string of the molecule is O=C(CCNC(=O)c1cccs1)Nc1ccc(OCC(F)(F)F)cc1. The van der Waals surface area contributed by atoms with Gasteiger partial charge in [0.1, 0.15) is 5.75 Å². The van der Waals surface area contributed by atoms with Crippen LogP contribution in [0.4, 0.5) is 18.9 Å². The standard InChI is InChI=1S/C16H15F3N2O3S/c17-16(18,19)10-24-12-5-3-11(4-6-12)21-14(22)7-8-20-15(23)13-2-1-9-25-13/h1-6,9H,7-8,10H2,(H,20,23)(H,21,22). The molecule has 0 atom stereocenters. The number of ether oxygens (including phenoxy) is 1. The number of halogens is 3. The molecule has 0 aliphatic carbocycles. The minimum Gasteiger partial charge on any atom is -0.484 e. The number of benzene rings is 1. The summed E-state index contributed by atoms with van der Waals surface area (Å²) in [6.07, 6.45) is -4.33. The van der Waals surface area contributed by atoms with Gasteiger partial charge in [-0.15, -0.1) is 11.3 Å². The summed E-state index contributed by atoms with van der Waals surface area (Å²) in [6, 6.07) is 8.98. The van der Waals surface area contributed by atoms with Crippen molar-refractivity contribution in [3.63, 3.8) is 0 Å². The van der Waals surface area contributed by atoms with E-state index in [2.05, 4.69) is 15.4 Å². The summed E-state index contributed by atoms with van der Waals surface area (Å²) in [5.41, 5.74) is 0.425. The zero-order valence-corrected chi connectivity index (χ0v) is 13.7. The van der Waals surface area contributed by atoms with Gasteiger partial charge < -0.3 is 15.4 Å². The van der Waals surface area contributed by atoms with Gasteiger partial charge in [0.05, 0.1) is 4.88 Å². The number of nitrogens with one attached hydrogen (secondary N) is 2. The van der Waals surface area contributed by atoms with E-state index in [0.29, 0.717) is 10.6 Å². The minimum atomic E-state index is -4.40. The third-order valence-corrected chi connectivity index (χ3v) is 3.79. The van der Waals surface area contributed by atoms with Crippen molar-refractivity contribution in [2.45, 2.75) is 12.6 Å². The van der Waals surface area contributed by atoms with Gasteiger partial charge in [-0.3, -0.25) is 9.59 Å². The molecule has 0 bridgehead atoms. The van der Waals surface area contributed by atoms with Crippen molar-refractivity contribution < 1.29 is 27.5 Å². The number of thiophene rings is 1. The summed E-state index contributed by atoms with van der Waals surface area (Å²) in [6.45, 7) is -1.20. The maximum absolute atomic E-state index is 12.0. The fourth-order valence-electron chi connectivity index (χ4n) is 1.81. The first-order chi connectivity index (χ1) is 11.8. The maximum Gasteiger partial charge on any atom is 0.422 e. The highest BCUT2D eigenvalue weighted by Crippen LogP contribution is 2.20. The molecule has 2 aromatic rings. The van der Waals surface area contributed by atoms with E-state index in [4.69, 9.17) is 0 Å². The van der Waals surface area contributed by atoms with Crippen molar-refractivity contribution in [1.82, 2.24) is 5.32 Å². The van der Waals surface area contributed by atoms with Gasteiger partial charge in [-0.05, 0) is 35.7 Å². The van der Waals surface area contributed by atoms with Gasteiger partial charge in [0.2, 0.25) is 5.91 Å². The third kappa shape index (κ3) is 6.84.